The van der Waals surface area contributed by atoms with Crippen LogP contribution in [0.1, 0.15) is 25.7 Å². The lowest BCUT2D eigenvalue weighted by Crippen LogP contribution is -2.07. The second-order valence-electron chi connectivity index (χ2n) is 3.19. The standard InChI is InChI=1S/C7H11Br/c8-7-4-5-1-2-6(7)3-5/h5-7H,1-4H2/t5?,6?,7-/m1/s1. The molecule has 2 saturated carbocycles. The van der Waals surface area contributed by atoms with Crippen LogP contribution in [0.25, 0.3) is 0 Å². The largest absolute Gasteiger partial charge is 0.0888 e. The van der Waals surface area contributed by atoms with E-state index in [1.54, 1.807) is 0 Å². The molecular weight excluding hydrogens is 164 g/mol. The molecule has 8 heavy (non-hydrogen) atoms. The van der Waals surface area contributed by atoms with Crippen molar-refractivity contribution in [2.24, 2.45) is 11.8 Å². The number of hydrogen-bond acceptors (Lipinski definition) is 0. The third kappa shape index (κ3) is 0.637. The van der Waals surface area contributed by atoms with Gasteiger partial charge in [0.2, 0.25) is 0 Å². The Morgan fingerprint density at radius 1 is 1.12 bits per heavy atom. The van der Waals surface area contributed by atoms with Crippen LogP contribution >= 0.6 is 15.9 Å². The SMILES string of the molecule is Br[C@@H]1CC2CCC1C2. The van der Waals surface area contributed by atoms with Gasteiger partial charge in [-0.1, -0.05) is 22.4 Å². The van der Waals surface area contributed by atoms with Gasteiger partial charge in [0.15, 0.2) is 0 Å². The molecule has 2 fully saturated rings. The van der Waals surface area contributed by atoms with Crippen molar-refractivity contribution in [2.45, 2.75) is 30.5 Å². The van der Waals surface area contributed by atoms with Crippen LogP contribution in [0, 0.1) is 11.8 Å². The van der Waals surface area contributed by atoms with Crippen molar-refractivity contribution in [1.82, 2.24) is 0 Å². The maximum Gasteiger partial charge on any atom is 0.0176 e. The van der Waals surface area contributed by atoms with Crippen LogP contribution in [-0.2, 0) is 0 Å². The molecule has 0 saturated heterocycles. The molecule has 2 bridgehead atoms. The van der Waals surface area contributed by atoms with Crippen molar-refractivity contribution in [3.63, 3.8) is 0 Å². The molecule has 0 aliphatic heterocycles. The van der Waals surface area contributed by atoms with E-state index in [1.807, 2.05) is 0 Å². The van der Waals surface area contributed by atoms with Crippen molar-refractivity contribution in [3.05, 3.63) is 0 Å². The molecule has 0 amide bonds. The summed E-state index contributed by atoms with van der Waals surface area (Å²) in [5.74, 6) is 2.16. The van der Waals surface area contributed by atoms with Crippen LogP contribution in [-0.4, -0.2) is 4.83 Å². The fourth-order valence-corrected chi connectivity index (χ4v) is 3.18. The van der Waals surface area contributed by atoms with Gasteiger partial charge in [-0.3, -0.25) is 0 Å². The molecule has 2 aliphatic rings. The molecule has 2 unspecified atom stereocenters. The minimum atomic E-state index is 0.890. The zero-order chi connectivity index (χ0) is 5.56. The molecule has 0 N–H and O–H groups in total. The summed E-state index contributed by atoms with van der Waals surface area (Å²) in [5, 5.41) is 0. The van der Waals surface area contributed by atoms with E-state index in [1.165, 1.54) is 25.7 Å². The molecule has 46 valence electrons. The summed E-state index contributed by atoms with van der Waals surface area (Å²) in [6.07, 6.45) is 6.01. The molecule has 0 spiro atoms. The van der Waals surface area contributed by atoms with E-state index in [9.17, 15) is 0 Å². The van der Waals surface area contributed by atoms with Gasteiger partial charge in [0, 0.05) is 4.83 Å². The summed E-state index contributed by atoms with van der Waals surface area (Å²) in [7, 11) is 0. The van der Waals surface area contributed by atoms with Crippen LogP contribution in [0.5, 0.6) is 0 Å². The zero-order valence-electron chi connectivity index (χ0n) is 4.94. The molecule has 0 aromatic rings. The Morgan fingerprint density at radius 2 is 2.00 bits per heavy atom. The highest BCUT2D eigenvalue weighted by Gasteiger charge is 2.37. The predicted molar refractivity (Wildman–Crippen MR) is 38.2 cm³/mol. The van der Waals surface area contributed by atoms with Gasteiger partial charge in [-0.25, -0.2) is 0 Å². The highest BCUT2D eigenvalue weighted by Crippen LogP contribution is 2.47. The van der Waals surface area contributed by atoms with Gasteiger partial charge in [-0.2, -0.15) is 0 Å². The minimum absolute atomic E-state index is 0.890. The summed E-state index contributed by atoms with van der Waals surface area (Å²) in [4.78, 5) is 0.890. The minimum Gasteiger partial charge on any atom is -0.0888 e. The third-order valence-electron chi connectivity index (χ3n) is 2.65. The van der Waals surface area contributed by atoms with E-state index in [4.69, 9.17) is 0 Å². The average Bonchev–Trinajstić information content (AvgIpc) is 2.23. The normalized spacial score (nSPS) is 52.9. The first kappa shape index (κ1) is 5.28. The topological polar surface area (TPSA) is 0 Å². The highest BCUT2D eigenvalue weighted by molar-refractivity contribution is 9.09. The predicted octanol–water partition coefficient (Wildman–Crippen LogP) is 2.57. The van der Waals surface area contributed by atoms with Gasteiger partial charge in [-0.15, -0.1) is 0 Å². The zero-order valence-corrected chi connectivity index (χ0v) is 6.52. The maximum absolute atomic E-state index is 3.70. The first-order valence-electron chi connectivity index (χ1n) is 3.50. The van der Waals surface area contributed by atoms with Gasteiger partial charge >= 0.3 is 0 Å². The molecule has 0 aromatic heterocycles. The Morgan fingerprint density at radius 3 is 2.25 bits per heavy atom. The Bertz CT molecular complexity index is 98.6. The molecule has 2 rings (SSSR count). The van der Waals surface area contributed by atoms with Gasteiger partial charge in [0.25, 0.3) is 0 Å². The Balaban J connectivity index is 2.11. The summed E-state index contributed by atoms with van der Waals surface area (Å²) in [5.41, 5.74) is 0. The third-order valence-corrected chi connectivity index (χ3v) is 3.77. The van der Waals surface area contributed by atoms with Crippen LogP contribution in [0.2, 0.25) is 0 Å². The number of fused-ring (bicyclic) bond motifs is 2. The maximum atomic E-state index is 3.70. The quantitative estimate of drug-likeness (QED) is 0.496. The van der Waals surface area contributed by atoms with Crippen LogP contribution in [0.15, 0.2) is 0 Å². The smallest absolute Gasteiger partial charge is 0.0176 e. The number of alkyl halides is 1. The van der Waals surface area contributed by atoms with Gasteiger partial charge in [0.05, 0.1) is 0 Å². The molecule has 2 aliphatic carbocycles. The van der Waals surface area contributed by atoms with Crippen molar-refractivity contribution >= 4 is 15.9 Å². The summed E-state index contributed by atoms with van der Waals surface area (Å²) >= 11 is 3.70. The Hall–Kier alpha value is 0.480. The lowest BCUT2D eigenvalue weighted by molar-refractivity contribution is 0.497. The van der Waals surface area contributed by atoms with E-state index in [-0.39, 0.29) is 0 Å². The Labute approximate surface area is 58.8 Å². The fourth-order valence-electron chi connectivity index (χ4n) is 2.17. The van der Waals surface area contributed by atoms with Crippen LogP contribution in [0.4, 0.5) is 0 Å². The van der Waals surface area contributed by atoms with Crippen molar-refractivity contribution < 1.29 is 0 Å². The molecule has 0 radical (unpaired) electrons. The average molecular weight is 175 g/mol. The molecule has 0 heterocycles. The molecule has 1 heteroatoms. The summed E-state index contributed by atoms with van der Waals surface area (Å²) in [6, 6.07) is 0. The molecule has 0 aromatic carbocycles. The van der Waals surface area contributed by atoms with E-state index in [0.717, 1.165) is 16.7 Å². The van der Waals surface area contributed by atoms with Gasteiger partial charge < -0.3 is 0 Å². The first-order chi connectivity index (χ1) is 3.86. The van der Waals surface area contributed by atoms with E-state index in [0.29, 0.717) is 0 Å². The monoisotopic (exact) mass is 174 g/mol. The highest BCUT2D eigenvalue weighted by atomic mass is 79.9. The van der Waals surface area contributed by atoms with Gasteiger partial charge in [-0.05, 0) is 31.1 Å². The lowest BCUT2D eigenvalue weighted by atomic mass is 10.0. The van der Waals surface area contributed by atoms with E-state index >= 15 is 0 Å². The van der Waals surface area contributed by atoms with E-state index < -0.39 is 0 Å². The first-order valence-corrected chi connectivity index (χ1v) is 4.42. The molecule has 3 atom stereocenters. The molecule has 0 nitrogen and oxygen atoms in total. The summed E-state index contributed by atoms with van der Waals surface area (Å²) in [6.45, 7) is 0. The van der Waals surface area contributed by atoms with Crippen molar-refractivity contribution in [1.29, 1.82) is 0 Å². The van der Waals surface area contributed by atoms with Crippen LogP contribution < -0.4 is 0 Å². The van der Waals surface area contributed by atoms with E-state index in [2.05, 4.69) is 15.9 Å². The molecular formula is C7H11Br. The number of hydrogen-bond donors (Lipinski definition) is 0. The number of rotatable bonds is 0. The summed E-state index contributed by atoms with van der Waals surface area (Å²) < 4.78 is 0. The second kappa shape index (κ2) is 1.73. The fraction of sp³-hybridized carbons (Fsp3) is 1.00. The number of halogens is 1. The second-order valence-corrected chi connectivity index (χ2v) is 4.37. The van der Waals surface area contributed by atoms with Gasteiger partial charge in [0.1, 0.15) is 0 Å². The van der Waals surface area contributed by atoms with Crippen molar-refractivity contribution in [3.8, 4) is 0 Å². The van der Waals surface area contributed by atoms with Crippen molar-refractivity contribution in [2.75, 3.05) is 0 Å². The Kier molecular flexibility index (Phi) is 1.14. The van der Waals surface area contributed by atoms with Crippen LogP contribution in [0.3, 0.4) is 0 Å². The lowest BCUT2D eigenvalue weighted by Gasteiger charge is -2.13.